The Morgan fingerprint density at radius 1 is 1.58 bits per heavy atom. The van der Waals surface area contributed by atoms with E-state index >= 15 is 0 Å². The standard InChI is InChI=1S/C10H18O2/c1-7-5-4-6-10(3,12)9(7)8(2)11/h7,9,12H,4-6H2,1-3H3/t7-,9-,10-/m1/s1. The minimum Gasteiger partial charge on any atom is -0.389 e. The van der Waals surface area contributed by atoms with E-state index in [4.69, 9.17) is 0 Å². The van der Waals surface area contributed by atoms with Gasteiger partial charge in [0.15, 0.2) is 0 Å². The van der Waals surface area contributed by atoms with Crippen LogP contribution in [-0.2, 0) is 4.79 Å². The molecule has 0 amide bonds. The minimum atomic E-state index is -0.760. The van der Waals surface area contributed by atoms with Crippen LogP contribution in [0.5, 0.6) is 0 Å². The molecule has 0 aromatic carbocycles. The van der Waals surface area contributed by atoms with Crippen molar-refractivity contribution in [2.24, 2.45) is 11.8 Å². The molecule has 0 heterocycles. The van der Waals surface area contributed by atoms with Gasteiger partial charge in [-0.1, -0.05) is 13.3 Å². The molecule has 0 bridgehead atoms. The van der Waals surface area contributed by atoms with Crippen molar-refractivity contribution in [2.45, 2.75) is 45.6 Å². The van der Waals surface area contributed by atoms with Crippen LogP contribution in [0, 0.1) is 11.8 Å². The zero-order valence-electron chi connectivity index (χ0n) is 8.13. The first kappa shape index (κ1) is 9.72. The van der Waals surface area contributed by atoms with Gasteiger partial charge >= 0.3 is 0 Å². The summed E-state index contributed by atoms with van der Waals surface area (Å²) in [6, 6.07) is 0. The SMILES string of the molecule is CC(=O)[C@H]1[C@H](C)CCC[C@@]1(C)O. The van der Waals surface area contributed by atoms with Gasteiger partial charge in [0.2, 0.25) is 0 Å². The third-order valence-corrected chi connectivity index (χ3v) is 3.02. The fourth-order valence-electron chi connectivity index (χ4n) is 2.56. The minimum absolute atomic E-state index is 0.132. The maximum absolute atomic E-state index is 11.3. The third-order valence-electron chi connectivity index (χ3n) is 3.02. The van der Waals surface area contributed by atoms with Gasteiger partial charge in [-0.15, -0.1) is 0 Å². The molecular formula is C10H18O2. The summed E-state index contributed by atoms with van der Waals surface area (Å²) in [7, 11) is 0. The highest BCUT2D eigenvalue weighted by atomic mass is 16.3. The lowest BCUT2D eigenvalue weighted by Crippen LogP contribution is -2.45. The number of carbonyl (C=O) groups is 1. The number of hydrogen-bond donors (Lipinski definition) is 1. The third kappa shape index (κ3) is 1.69. The summed E-state index contributed by atoms with van der Waals surface area (Å²) in [6.45, 7) is 5.43. The molecule has 0 aromatic heterocycles. The van der Waals surface area contributed by atoms with E-state index in [0.717, 1.165) is 19.3 Å². The molecule has 2 heteroatoms. The summed E-state index contributed by atoms with van der Waals surface area (Å²) in [5, 5.41) is 9.95. The first-order valence-corrected chi connectivity index (χ1v) is 4.68. The van der Waals surface area contributed by atoms with Crippen molar-refractivity contribution in [3.05, 3.63) is 0 Å². The summed E-state index contributed by atoms with van der Waals surface area (Å²) in [5.41, 5.74) is -0.760. The van der Waals surface area contributed by atoms with Gasteiger partial charge in [0.25, 0.3) is 0 Å². The number of rotatable bonds is 1. The van der Waals surface area contributed by atoms with Crippen LogP contribution in [0.3, 0.4) is 0 Å². The molecule has 1 rings (SSSR count). The normalized spacial score (nSPS) is 42.7. The predicted octanol–water partition coefficient (Wildman–Crippen LogP) is 1.76. The highest BCUT2D eigenvalue weighted by Crippen LogP contribution is 2.37. The van der Waals surface area contributed by atoms with Crippen molar-refractivity contribution in [3.63, 3.8) is 0 Å². The van der Waals surface area contributed by atoms with Gasteiger partial charge in [0.1, 0.15) is 5.78 Å². The molecule has 0 aromatic rings. The summed E-state index contributed by atoms with van der Waals surface area (Å²) in [4.78, 5) is 11.3. The number of carbonyl (C=O) groups excluding carboxylic acids is 1. The Hall–Kier alpha value is -0.370. The van der Waals surface area contributed by atoms with Crippen molar-refractivity contribution >= 4 is 5.78 Å². The van der Waals surface area contributed by atoms with Crippen LogP contribution < -0.4 is 0 Å². The highest BCUT2D eigenvalue weighted by Gasteiger charge is 2.41. The number of hydrogen-bond acceptors (Lipinski definition) is 2. The van der Waals surface area contributed by atoms with Gasteiger partial charge < -0.3 is 5.11 Å². The monoisotopic (exact) mass is 170 g/mol. The molecule has 0 aliphatic heterocycles. The molecule has 3 atom stereocenters. The van der Waals surface area contributed by atoms with Crippen LogP contribution in [-0.4, -0.2) is 16.5 Å². The molecule has 2 nitrogen and oxygen atoms in total. The molecule has 1 saturated carbocycles. The molecule has 1 aliphatic carbocycles. The largest absolute Gasteiger partial charge is 0.389 e. The van der Waals surface area contributed by atoms with E-state index < -0.39 is 5.60 Å². The molecule has 1 fully saturated rings. The summed E-state index contributed by atoms with van der Waals surface area (Å²) in [6.07, 6.45) is 2.87. The number of aliphatic hydroxyl groups is 1. The molecule has 1 N–H and O–H groups in total. The quantitative estimate of drug-likeness (QED) is 0.651. The van der Waals surface area contributed by atoms with Crippen molar-refractivity contribution in [3.8, 4) is 0 Å². The van der Waals surface area contributed by atoms with E-state index in [2.05, 4.69) is 6.92 Å². The van der Waals surface area contributed by atoms with Gasteiger partial charge in [-0.25, -0.2) is 0 Å². The second-order valence-corrected chi connectivity index (χ2v) is 4.32. The van der Waals surface area contributed by atoms with Crippen LogP contribution in [0.25, 0.3) is 0 Å². The topological polar surface area (TPSA) is 37.3 Å². The van der Waals surface area contributed by atoms with E-state index in [1.165, 1.54) is 0 Å². The molecule has 1 aliphatic rings. The van der Waals surface area contributed by atoms with E-state index in [1.807, 2.05) is 0 Å². The van der Waals surface area contributed by atoms with E-state index in [0.29, 0.717) is 5.92 Å². The first-order valence-electron chi connectivity index (χ1n) is 4.68. The second-order valence-electron chi connectivity index (χ2n) is 4.32. The Morgan fingerprint density at radius 3 is 2.50 bits per heavy atom. The van der Waals surface area contributed by atoms with Gasteiger partial charge in [-0.3, -0.25) is 4.79 Å². The van der Waals surface area contributed by atoms with Gasteiger partial charge in [0, 0.05) is 5.92 Å². The lowest BCUT2D eigenvalue weighted by atomic mass is 9.69. The molecule has 0 saturated heterocycles. The molecule has 0 unspecified atom stereocenters. The average Bonchev–Trinajstić information content (AvgIpc) is 1.82. The number of ketones is 1. The Labute approximate surface area is 74.0 Å². The summed E-state index contributed by atoms with van der Waals surface area (Å²) >= 11 is 0. The summed E-state index contributed by atoms with van der Waals surface area (Å²) in [5.74, 6) is 0.324. The fourth-order valence-corrected chi connectivity index (χ4v) is 2.56. The van der Waals surface area contributed by atoms with Crippen molar-refractivity contribution in [1.29, 1.82) is 0 Å². The number of Topliss-reactive ketones (excluding diaryl/α,β-unsaturated/α-hetero) is 1. The molecular weight excluding hydrogens is 152 g/mol. The van der Waals surface area contributed by atoms with Gasteiger partial charge in [0.05, 0.1) is 5.60 Å². The Bertz CT molecular complexity index is 184. The Morgan fingerprint density at radius 2 is 2.17 bits per heavy atom. The van der Waals surface area contributed by atoms with Crippen molar-refractivity contribution in [2.75, 3.05) is 0 Å². The summed E-state index contributed by atoms with van der Waals surface area (Å²) < 4.78 is 0. The lowest BCUT2D eigenvalue weighted by molar-refractivity contribution is -0.136. The molecule has 12 heavy (non-hydrogen) atoms. The fraction of sp³-hybridized carbons (Fsp3) is 0.900. The van der Waals surface area contributed by atoms with Crippen LogP contribution in [0.2, 0.25) is 0 Å². The van der Waals surface area contributed by atoms with E-state index in [1.54, 1.807) is 13.8 Å². The van der Waals surface area contributed by atoms with Crippen LogP contribution in [0.15, 0.2) is 0 Å². The predicted molar refractivity (Wildman–Crippen MR) is 47.8 cm³/mol. The van der Waals surface area contributed by atoms with Gasteiger partial charge in [-0.2, -0.15) is 0 Å². The maximum Gasteiger partial charge on any atom is 0.136 e. The lowest BCUT2D eigenvalue weighted by Gasteiger charge is -2.39. The van der Waals surface area contributed by atoms with E-state index in [9.17, 15) is 9.90 Å². The van der Waals surface area contributed by atoms with Crippen molar-refractivity contribution < 1.29 is 9.90 Å². The Kier molecular flexibility index (Phi) is 2.57. The zero-order chi connectivity index (χ0) is 9.35. The second kappa shape index (κ2) is 3.17. The average molecular weight is 170 g/mol. The highest BCUT2D eigenvalue weighted by molar-refractivity contribution is 5.79. The molecule has 0 radical (unpaired) electrons. The van der Waals surface area contributed by atoms with Gasteiger partial charge in [-0.05, 0) is 32.6 Å². The smallest absolute Gasteiger partial charge is 0.136 e. The van der Waals surface area contributed by atoms with Crippen LogP contribution >= 0.6 is 0 Å². The first-order chi connectivity index (χ1) is 5.45. The van der Waals surface area contributed by atoms with Crippen molar-refractivity contribution in [1.82, 2.24) is 0 Å². The van der Waals surface area contributed by atoms with Crippen LogP contribution in [0.1, 0.15) is 40.0 Å². The Balaban J connectivity index is 2.81. The molecule has 0 spiro atoms. The molecule has 70 valence electrons. The maximum atomic E-state index is 11.3. The van der Waals surface area contributed by atoms with E-state index in [-0.39, 0.29) is 11.7 Å². The zero-order valence-corrected chi connectivity index (χ0v) is 8.13. The van der Waals surface area contributed by atoms with Crippen LogP contribution in [0.4, 0.5) is 0 Å².